The van der Waals surface area contributed by atoms with Gasteiger partial charge >= 0.3 is 0 Å². The molecule has 82 valence electrons. The van der Waals surface area contributed by atoms with Gasteiger partial charge in [0.25, 0.3) is 0 Å². The lowest BCUT2D eigenvalue weighted by Crippen LogP contribution is -2.36. The third-order valence-electron chi connectivity index (χ3n) is 2.52. The van der Waals surface area contributed by atoms with Crippen molar-refractivity contribution in [2.24, 2.45) is 5.92 Å². The molecule has 0 aliphatic heterocycles. The lowest BCUT2D eigenvalue weighted by atomic mass is 10.1. The highest BCUT2D eigenvalue weighted by Gasteiger charge is 2.31. The highest BCUT2D eigenvalue weighted by molar-refractivity contribution is 5.78. The highest BCUT2D eigenvalue weighted by atomic mass is 16.5. The molecule has 0 bridgehead atoms. The lowest BCUT2D eigenvalue weighted by Gasteiger charge is -2.22. The van der Waals surface area contributed by atoms with Crippen molar-refractivity contribution in [1.29, 1.82) is 0 Å². The van der Waals surface area contributed by atoms with Crippen LogP contribution in [0.3, 0.4) is 0 Å². The van der Waals surface area contributed by atoms with Gasteiger partial charge in [-0.3, -0.25) is 4.79 Å². The Bertz CT molecular complexity index is 188. The van der Waals surface area contributed by atoms with Gasteiger partial charge in [0, 0.05) is 19.7 Å². The molecular formula is C11H21NO2. The molecule has 0 radical (unpaired) electrons. The molecule has 1 aliphatic carbocycles. The molecule has 0 N–H and O–H groups in total. The monoisotopic (exact) mass is 199 g/mol. The Hall–Kier alpha value is -0.570. The van der Waals surface area contributed by atoms with Crippen molar-refractivity contribution >= 4 is 5.91 Å². The Morgan fingerprint density at radius 3 is 2.57 bits per heavy atom. The number of ether oxygens (including phenoxy) is 1. The molecule has 1 fully saturated rings. The predicted molar refractivity (Wildman–Crippen MR) is 56.1 cm³/mol. The Kier molecular flexibility index (Phi) is 4.39. The quantitative estimate of drug-likeness (QED) is 0.651. The van der Waals surface area contributed by atoms with Gasteiger partial charge < -0.3 is 9.64 Å². The molecule has 0 unspecified atom stereocenters. The van der Waals surface area contributed by atoms with Gasteiger partial charge in [-0.05, 0) is 25.2 Å². The number of rotatable bonds is 6. The summed E-state index contributed by atoms with van der Waals surface area (Å²) < 4.78 is 4.88. The number of amides is 1. The first kappa shape index (κ1) is 11.5. The van der Waals surface area contributed by atoms with Crippen LogP contribution in [0.4, 0.5) is 0 Å². The summed E-state index contributed by atoms with van der Waals surface area (Å²) in [4.78, 5) is 13.6. The van der Waals surface area contributed by atoms with Gasteiger partial charge in [-0.1, -0.05) is 13.8 Å². The minimum Gasteiger partial charge on any atom is -0.375 e. The van der Waals surface area contributed by atoms with Crippen molar-refractivity contribution in [2.75, 3.05) is 20.3 Å². The molecule has 0 atom stereocenters. The van der Waals surface area contributed by atoms with Crippen LogP contribution in [-0.2, 0) is 9.53 Å². The number of hydrogen-bond acceptors (Lipinski definition) is 2. The Balaban J connectivity index is 2.34. The molecule has 0 saturated heterocycles. The number of carbonyl (C=O) groups is 1. The van der Waals surface area contributed by atoms with Crippen molar-refractivity contribution in [1.82, 2.24) is 4.90 Å². The van der Waals surface area contributed by atoms with E-state index in [4.69, 9.17) is 4.74 Å². The maximum Gasteiger partial charge on any atom is 0.248 e. The first-order chi connectivity index (χ1) is 6.65. The second kappa shape index (κ2) is 5.35. The summed E-state index contributed by atoms with van der Waals surface area (Å²) in [6, 6.07) is 0.511. The number of hydrogen-bond donors (Lipinski definition) is 0. The second-order valence-corrected chi connectivity index (χ2v) is 4.43. The Labute approximate surface area is 86.4 Å². The largest absolute Gasteiger partial charge is 0.375 e. The fraction of sp³-hybridized carbons (Fsp3) is 0.909. The fourth-order valence-electron chi connectivity index (χ4n) is 1.50. The van der Waals surface area contributed by atoms with Gasteiger partial charge in [0.2, 0.25) is 5.91 Å². The van der Waals surface area contributed by atoms with Crippen LogP contribution < -0.4 is 0 Å². The van der Waals surface area contributed by atoms with E-state index < -0.39 is 0 Å². The molecule has 1 saturated carbocycles. The third kappa shape index (κ3) is 3.66. The summed E-state index contributed by atoms with van der Waals surface area (Å²) in [5.74, 6) is 0.808. The molecule has 3 nitrogen and oxygen atoms in total. The van der Waals surface area contributed by atoms with E-state index in [-0.39, 0.29) is 12.5 Å². The van der Waals surface area contributed by atoms with E-state index in [0.29, 0.717) is 12.0 Å². The summed E-state index contributed by atoms with van der Waals surface area (Å²) in [6.45, 7) is 5.50. The zero-order chi connectivity index (χ0) is 10.6. The first-order valence-corrected chi connectivity index (χ1v) is 5.43. The molecule has 1 aliphatic rings. The Morgan fingerprint density at radius 1 is 1.50 bits per heavy atom. The molecular weight excluding hydrogens is 178 g/mol. The van der Waals surface area contributed by atoms with Crippen LogP contribution in [-0.4, -0.2) is 37.1 Å². The Morgan fingerprint density at radius 2 is 2.14 bits per heavy atom. The van der Waals surface area contributed by atoms with Crippen LogP contribution in [0.5, 0.6) is 0 Å². The molecule has 0 aromatic rings. The van der Waals surface area contributed by atoms with Crippen molar-refractivity contribution in [2.45, 2.75) is 39.2 Å². The summed E-state index contributed by atoms with van der Waals surface area (Å²) in [5.41, 5.74) is 0. The van der Waals surface area contributed by atoms with Crippen LogP contribution in [0.15, 0.2) is 0 Å². The van der Waals surface area contributed by atoms with Crippen molar-refractivity contribution in [3.8, 4) is 0 Å². The van der Waals surface area contributed by atoms with E-state index in [9.17, 15) is 4.79 Å². The van der Waals surface area contributed by atoms with Crippen LogP contribution in [0, 0.1) is 5.92 Å². The van der Waals surface area contributed by atoms with E-state index in [0.717, 1.165) is 13.0 Å². The minimum atomic E-state index is 0.149. The zero-order valence-corrected chi connectivity index (χ0v) is 9.45. The highest BCUT2D eigenvalue weighted by Crippen LogP contribution is 2.27. The summed E-state index contributed by atoms with van der Waals surface area (Å²) >= 11 is 0. The topological polar surface area (TPSA) is 29.5 Å². The van der Waals surface area contributed by atoms with Crippen molar-refractivity contribution in [3.63, 3.8) is 0 Å². The molecule has 1 rings (SSSR count). The maximum absolute atomic E-state index is 11.6. The maximum atomic E-state index is 11.6. The molecule has 0 aromatic heterocycles. The van der Waals surface area contributed by atoms with Crippen molar-refractivity contribution in [3.05, 3.63) is 0 Å². The molecule has 0 heterocycles. The molecule has 1 amide bonds. The molecule has 14 heavy (non-hydrogen) atoms. The second-order valence-electron chi connectivity index (χ2n) is 4.43. The predicted octanol–water partition coefficient (Wildman–Crippen LogP) is 1.67. The first-order valence-electron chi connectivity index (χ1n) is 5.43. The van der Waals surface area contributed by atoms with Gasteiger partial charge in [-0.25, -0.2) is 0 Å². The summed E-state index contributed by atoms with van der Waals surface area (Å²) in [6.07, 6.45) is 3.44. The minimum absolute atomic E-state index is 0.149. The van der Waals surface area contributed by atoms with Gasteiger partial charge in [0.15, 0.2) is 0 Å². The van der Waals surface area contributed by atoms with Crippen LogP contribution in [0.2, 0.25) is 0 Å². The van der Waals surface area contributed by atoms with Gasteiger partial charge in [-0.2, -0.15) is 0 Å². The zero-order valence-electron chi connectivity index (χ0n) is 9.45. The normalized spacial score (nSPS) is 16.0. The van der Waals surface area contributed by atoms with Crippen molar-refractivity contribution < 1.29 is 9.53 Å². The number of carbonyl (C=O) groups excluding carboxylic acids is 1. The van der Waals surface area contributed by atoms with E-state index in [1.54, 1.807) is 7.11 Å². The molecule has 3 heteroatoms. The van der Waals surface area contributed by atoms with Crippen LogP contribution >= 0.6 is 0 Å². The van der Waals surface area contributed by atoms with E-state index >= 15 is 0 Å². The van der Waals surface area contributed by atoms with Gasteiger partial charge in [0.1, 0.15) is 6.61 Å². The summed E-state index contributed by atoms with van der Waals surface area (Å²) in [7, 11) is 1.57. The standard InChI is InChI=1S/C11H21NO2/c1-9(2)6-7-12(10-4-5-10)11(13)8-14-3/h9-10H,4-8H2,1-3H3. The number of methoxy groups -OCH3 is 1. The van der Waals surface area contributed by atoms with E-state index in [1.165, 1.54) is 12.8 Å². The van der Waals surface area contributed by atoms with Crippen LogP contribution in [0.25, 0.3) is 0 Å². The molecule has 0 aromatic carbocycles. The van der Waals surface area contributed by atoms with Crippen LogP contribution in [0.1, 0.15) is 33.1 Å². The van der Waals surface area contributed by atoms with Gasteiger partial charge in [-0.15, -0.1) is 0 Å². The van der Waals surface area contributed by atoms with E-state index in [1.807, 2.05) is 4.90 Å². The average Bonchev–Trinajstić information content (AvgIpc) is 2.88. The SMILES string of the molecule is COCC(=O)N(CCC(C)C)C1CC1. The van der Waals surface area contributed by atoms with Gasteiger partial charge in [0.05, 0.1) is 0 Å². The average molecular weight is 199 g/mol. The lowest BCUT2D eigenvalue weighted by molar-refractivity contribution is -0.135. The smallest absolute Gasteiger partial charge is 0.248 e. The fourth-order valence-corrected chi connectivity index (χ4v) is 1.50. The van der Waals surface area contributed by atoms with E-state index in [2.05, 4.69) is 13.8 Å². The number of nitrogens with zero attached hydrogens (tertiary/aromatic N) is 1. The molecule has 0 spiro atoms. The summed E-state index contributed by atoms with van der Waals surface area (Å²) in [5, 5.41) is 0. The third-order valence-corrected chi connectivity index (χ3v) is 2.52.